The molecule has 0 saturated carbocycles. The van der Waals surface area contributed by atoms with Gasteiger partial charge in [-0.3, -0.25) is 4.79 Å². The number of aryl methyl sites for hydroxylation is 1. The summed E-state index contributed by atoms with van der Waals surface area (Å²) in [4.78, 5) is 30.5. The summed E-state index contributed by atoms with van der Waals surface area (Å²) in [5, 5.41) is 3.27. The summed E-state index contributed by atoms with van der Waals surface area (Å²) in [5.41, 5.74) is 1.79. The fraction of sp³-hybridized carbons (Fsp3) is 0.174. The van der Waals surface area contributed by atoms with Crippen molar-refractivity contribution < 1.29 is 19.1 Å². The molecule has 154 valence electrons. The number of esters is 1. The fourth-order valence-electron chi connectivity index (χ4n) is 2.66. The highest BCUT2D eigenvalue weighted by Crippen LogP contribution is 2.29. The van der Waals surface area contributed by atoms with Gasteiger partial charge in [0, 0.05) is 11.1 Å². The number of hydrogen-bond donors (Lipinski definition) is 1. The molecule has 1 unspecified atom stereocenters. The van der Waals surface area contributed by atoms with Crippen LogP contribution in [0.1, 0.15) is 22.8 Å². The van der Waals surface area contributed by atoms with Crippen molar-refractivity contribution in [2.24, 2.45) is 0 Å². The molecule has 0 aliphatic heterocycles. The average molecular weight is 423 g/mol. The van der Waals surface area contributed by atoms with Crippen molar-refractivity contribution in [1.82, 2.24) is 4.98 Å². The molecule has 0 bridgehead atoms. The molecule has 0 aliphatic carbocycles. The van der Waals surface area contributed by atoms with Crippen molar-refractivity contribution in [3.8, 4) is 5.75 Å². The number of anilines is 1. The number of aromatic nitrogens is 1. The Kier molecular flexibility index (Phi) is 7.08. The number of carbonyl (C=O) groups excluding carboxylic acids is 2. The van der Waals surface area contributed by atoms with Crippen molar-refractivity contribution in [2.45, 2.75) is 29.9 Å². The van der Waals surface area contributed by atoms with E-state index in [4.69, 9.17) is 9.47 Å². The Morgan fingerprint density at radius 2 is 1.83 bits per heavy atom. The van der Waals surface area contributed by atoms with E-state index in [2.05, 4.69) is 10.3 Å². The number of pyridine rings is 1. The second-order valence-electron chi connectivity index (χ2n) is 6.51. The Hall–Kier alpha value is -3.32. The van der Waals surface area contributed by atoms with Crippen molar-refractivity contribution >= 4 is 29.3 Å². The summed E-state index contributed by atoms with van der Waals surface area (Å²) >= 11 is 1.36. The first-order valence-electron chi connectivity index (χ1n) is 9.32. The van der Waals surface area contributed by atoms with Gasteiger partial charge < -0.3 is 14.8 Å². The van der Waals surface area contributed by atoms with Crippen molar-refractivity contribution in [3.05, 3.63) is 78.0 Å². The predicted octanol–water partition coefficient (Wildman–Crippen LogP) is 4.73. The molecule has 0 spiro atoms. The minimum atomic E-state index is -1.00. The number of nitrogens with zero attached hydrogens (tertiary/aromatic N) is 1. The lowest BCUT2D eigenvalue weighted by molar-refractivity contribution is -0.123. The zero-order valence-electron chi connectivity index (χ0n) is 16.9. The van der Waals surface area contributed by atoms with E-state index in [-0.39, 0.29) is 0 Å². The smallest absolute Gasteiger partial charge is 0.341 e. The Morgan fingerprint density at radius 1 is 1.07 bits per heavy atom. The van der Waals surface area contributed by atoms with Crippen molar-refractivity contribution in [1.29, 1.82) is 0 Å². The molecule has 1 heterocycles. The highest BCUT2D eigenvalue weighted by Gasteiger charge is 2.22. The molecule has 30 heavy (non-hydrogen) atoms. The zero-order chi connectivity index (χ0) is 21.5. The van der Waals surface area contributed by atoms with Gasteiger partial charge >= 0.3 is 5.97 Å². The predicted molar refractivity (Wildman–Crippen MR) is 116 cm³/mol. The largest absolute Gasteiger partial charge is 0.495 e. The molecule has 1 N–H and O–H groups in total. The highest BCUT2D eigenvalue weighted by atomic mass is 32.2. The molecule has 2 aromatic carbocycles. The van der Waals surface area contributed by atoms with E-state index in [1.807, 2.05) is 43.3 Å². The number of amides is 1. The fourth-order valence-corrected chi connectivity index (χ4v) is 3.55. The van der Waals surface area contributed by atoms with Crippen LogP contribution in [0, 0.1) is 6.92 Å². The normalized spacial score (nSPS) is 11.4. The van der Waals surface area contributed by atoms with E-state index in [0.717, 1.165) is 10.5 Å². The van der Waals surface area contributed by atoms with Gasteiger partial charge in [0.05, 0.1) is 18.4 Å². The number of benzene rings is 2. The lowest BCUT2D eigenvalue weighted by Crippen LogP contribution is -2.30. The lowest BCUT2D eigenvalue weighted by Gasteiger charge is -2.16. The number of rotatable bonds is 7. The van der Waals surface area contributed by atoms with Crippen LogP contribution in [0.5, 0.6) is 5.75 Å². The first kappa shape index (κ1) is 21.4. The lowest BCUT2D eigenvalue weighted by atomic mass is 10.2. The van der Waals surface area contributed by atoms with E-state index in [1.54, 1.807) is 30.5 Å². The van der Waals surface area contributed by atoms with Crippen LogP contribution in [-0.4, -0.2) is 30.1 Å². The molecule has 0 radical (unpaired) electrons. The Labute approximate surface area is 179 Å². The van der Waals surface area contributed by atoms with E-state index in [9.17, 15) is 9.59 Å². The average Bonchev–Trinajstić information content (AvgIpc) is 2.75. The summed E-state index contributed by atoms with van der Waals surface area (Å²) in [6.07, 6.45) is 0.611. The third kappa shape index (κ3) is 5.39. The van der Waals surface area contributed by atoms with Crippen LogP contribution in [0.3, 0.4) is 0 Å². The summed E-state index contributed by atoms with van der Waals surface area (Å²) in [7, 11) is 1.53. The van der Waals surface area contributed by atoms with E-state index < -0.39 is 18.0 Å². The number of carbonyl (C=O) groups is 2. The number of nitrogens with one attached hydrogen (secondary N) is 1. The second-order valence-corrected chi connectivity index (χ2v) is 7.57. The van der Waals surface area contributed by atoms with Gasteiger partial charge in [0.1, 0.15) is 10.8 Å². The van der Waals surface area contributed by atoms with Crippen LogP contribution in [-0.2, 0) is 9.53 Å². The van der Waals surface area contributed by atoms with Gasteiger partial charge in [-0.25, -0.2) is 9.78 Å². The number of ether oxygens (including phenoxy) is 2. The first-order chi connectivity index (χ1) is 14.5. The minimum absolute atomic E-state index is 0.305. The zero-order valence-corrected chi connectivity index (χ0v) is 17.7. The summed E-state index contributed by atoms with van der Waals surface area (Å²) in [6, 6.07) is 18.3. The molecule has 3 aromatic rings. The molecule has 0 fully saturated rings. The maximum atomic E-state index is 12.7. The van der Waals surface area contributed by atoms with Gasteiger partial charge in [0.25, 0.3) is 5.91 Å². The monoisotopic (exact) mass is 422 g/mol. The topological polar surface area (TPSA) is 77.5 Å². The molecule has 3 rings (SSSR count). The molecule has 0 aliphatic rings. The second kappa shape index (κ2) is 9.93. The van der Waals surface area contributed by atoms with Gasteiger partial charge in [-0.2, -0.15) is 0 Å². The Bertz CT molecular complexity index is 1040. The van der Waals surface area contributed by atoms with Gasteiger partial charge in [0.2, 0.25) is 0 Å². The molecule has 1 atom stereocenters. The van der Waals surface area contributed by atoms with E-state index in [1.165, 1.54) is 25.8 Å². The van der Waals surface area contributed by atoms with Crippen molar-refractivity contribution in [3.63, 3.8) is 0 Å². The first-order valence-corrected chi connectivity index (χ1v) is 10.1. The highest BCUT2D eigenvalue weighted by molar-refractivity contribution is 7.99. The maximum absolute atomic E-state index is 12.7. The third-order valence-electron chi connectivity index (χ3n) is 4.21. The van der Waals surface area contributed by atoms with Gasteiger partial charge in [-0.15, -0.1) is 0 Å². The third-order valence-corrected chi connectivity index (χ3v) is 5.24. The van der Waals surface area contributed by atoms with Crippen LogP contribution in [0.25, 0.3) is 0 Å². The maximum Gasteiger partial charge on any atom is 0.341 e. The molecule has 0 saturated heterocycles. The van der Waals surface area contributed by atoms with Crippen LogP contribution < -0.4 is 10.1 Å². The standard InChI is InChI=1S/C23H22N2O4S/c1-15-11-12-20(28-3)19(14-15)25-21(26)16(2)29-23(27)18-10-7-13-24-22(18)30-17-8-5-4-6-9-17/h4-14,16H,1-3H3,(H,25,26). The molecule has 1 aromatic heterocycles. The van der Waals surface area contributed by atoms with Crippen LogP contribution in [0.2, 0.25) is 0 Å². The van der Waals surface area contributed by atoms with Crippen LogP contribution in [0.15, 0.2) is 76.8 Å². The van der Waals surface area contributed by atoms with Gasteiger partial charge in [-0.05, 0) is 55.8 Å². The van der Waals surface area contributed by atoms with Crippen LogP contribution >= 0.6 is 11.8 Å². The van der Waals surface area contributed by atoms with E-state index in [0.29, 0.717) is 22.0 Å². The Morgan fingerprint density at radius 3 is 2.57 bits per heavy atom. The molecule has 7 heteroatoms. The summed E-state index contributed by atoms with van der Waals surface area (Å²) in [6.45, 7) is 3.43. The Balaban J connectivity index is 1.70. The molecule has 6 nitrogen and oxygen atoms in total. The summed E-state index contributed by atoms with van der Waals surface area (Å²) < 4.78 is 10.7. The van der Waals surface area contributed by atoms with Gasteiger partial charge in [-0.1, -0.05) is 36.0 Å². The molecule has 1 amide bonds. The van der Waals surface area contributed by atoms with E-state index >= 15 is 0 Å². The summed E-state index contributed by atoms with van der Waals surface area (Å²) in [5.74, 6) is -0.532. The minimum Gasteiger partial charge on any atom is -0.495 e. The molecular weight excluding hydrogens is 400 g/mol. The number of methoxy groups -OCH3 is 1. The SMILES string of the molecule is COc1ccc(C)cc1NC(=O)C(C)OC(=O)c1cccnc1Sc1ccccc1. The quantitative estimate of drug-likeness (QED) is 0.555. The molecular formula is C23H22N2O4S. The number of hydrogen-bond acceptors (Lipinski definition) is 6. The van der Waals surface area contributed by atoms with Crippen LogP contribution in [0.4, 0.5) is 5.69 Å². The van der Waals surface area contributed by atoms with Crippen molar-refractivity contribution in [2.75, 3.05) is 12.4 Å². The van der Waals surface area contributed by atoms with Gasteiger partial charge in [0.15, 0.2) is 6.10 Å².